The van der Waals surface area contributed by atoms with Crippen molar-refractivity contribution in [2.75, 3.05) is 0 Å². The van der Waals surface area contributed by atoms with Gasteiger partial charge in [0, 0.05) is 0 Å². The second-order valence-electron chi connectivity index (χ2n) is 6.78. The van der Waals surface area contributed by atoms with Gasteiger partial charge in [-0.2, -0.15) is 0 Å². The van der Waals surface area contributed by atoms with E-state index in [1.807, 2.05) is 12.1 Å². The number of benzene rings is 1. The third-order valence-corrected chi connectivity index (χ3v) is 17.8. The standard InChI is InChI=1S/C9H6NO.3C4H9.Sn/c1-2-7-3-5-8(6-4-7)9(10)11;3*1-3-4-2;/h3-6H,(H2,10,11);3*1,3-4H2,2H3;. The van der Waals surface area contributed by atoms with Crippen molar-refractivity contribution in [1.29, 1.82) is 0 Å². The van der Waals surface area contributed by atoms with Crippen LogP contribution in [0.15, 0.2) is 24.3 Å². The molecule has 3 heteroatoms. The van der Waals surface area contributed by atoms with Crippen LogP contribution in [0.25, 0.3) is 0 Å². The number of carbonyl (C=O) groups is 1. The van der Waals surface area contributed by atoms with Gasteiger partial charge in [-0.05, 0) is 0 Å². The van der Waals surface area contributed by atoms with E-state index in [-0.39, 0.29) is 5.91 Å². The molecule has 0 saturated carbocycles. The Labute approximate surface area is 152 Å². The first-order valence-corrected chi connectivity index (χ1v) is 17.0. The molecule has 1 aromatic rings. The maximum absolute atomic E-state index is 11.2. The fraction of sp³-hybridized carbons (Fsp3) is 0.571. The number of hydrogen-bond acceptors (Lipinski definition) is 1. The minimum atomic E-state index is -2.39. The summed E-state index contributed by atoms with van der Waals surface area (Å²) in [6.07, 6.45) is 7.81. The summed E-state index contributed by atoms with van der Waals surface area (Å²) >= 11 is -2.39. The molecule has 0 saturated heterocycles. The predicted molar refractivity (Wildman–Crippen MR) is 107 cm³/mol. The molecule has 1 rings (SSSR count). The zero-order chi connectivity index (χ0) is 17.8. The Morgan fingerprint density at radius 2 is 1.38 bits per heavy atom. The molecule has 0 unspecified atom stereocenters. The predicted octanol–water partition coefficient (Wildman–Crippen LogP) is 5.53. The molecule has 2 N–H and O–H groups in total. The summed E-state index contributed by atoms with van der Waals surface area (Å²) in [6.45, 7) is 6.85. The van der Waals surface area contributed by atoms with Crippen molar-refractivity contribution >= 4 is 24.3 Å². The van der Waals surface area contributed by atoms with Crippen LogP contribution in [0.2, 0.25) is 13.3 Å². The number of nitrogens with two attached hydrogens (primary N) is 1. The third-order valence-electron chi connectivity index (χ3n) is 4.67. The molecule has 132 valence electrons. The van der Waals surface area contributed by atoms with Crippen LogP contribution in [-0.2, 0) is 0 Å². The Hall–Kier alpha value is -0.951. The monoisotopic (exact) mass is 435 g/mol. The molecule has 0 radical (unpaired) electrons. The number of unbranched alkanes of at least 4 members (excludes halogenated alkanes) is 3. The van der Waals surface area contributed by atoms with Crippen molar-refractivity contribution in [2.24, 2.45) is 5.73 Å². The molecule has 0 aliphatic carbocycles. The van der Waals surface area contributed by atoms with Crippen molar-refractivity contribution in [3.8, 4) is 9.86 Å². The van der Waals surface area contributed by atoms with Crippen LogP contribution in [0, 0.1) is 9.86 Å². The second kappa shape index (κ2) is 11.6. The molecule has 1 aromatic carbocycles. The summed E-state index contributed by atoms with van der Waals surface area (Å²) in [5.74, 6) is 3.09. The molecule has 0 bridgehead atoms. The van der Waals surface area contributed by atoms with E-state index in [9.17, 15) is 4.79 Å². The molecule has 0 atom stereocenters. The molecular weight excluding hydrogens is 401 g/mol. The SMILES string of the molecule is CCC[CH2][Sn]([C]#Cc1ccc(C(N)=O)cc1)([CH2]CCC)[CH2]CCC. The molecule has 2 nitrogen and oxygen atoms in total. The number of primary amides is 1. The van der Waals surface area contributed by atoms with Crippen molar-refractivity contribution in [1.82, 2.24) is 0 Å². The summed E-state index contributed by atoms with van der Waals surface area (Å²) < 4.78 is 8.05. The summed E-state index contributed by atoms with van der Waals surface area (Å²) in [5, 5.41) is 0. The Kier molecular flexibility index (Phi) is 10.2. The van der Waals surface area contributed by atoms with Gasteiger partial charge in [-0.3, -0.25) is 0 Å². The average Bonchev–Trinajstić information content (AvgIpc) is 2.61. The van der Waals surface area contributed by atoms with Crippen LogP contribution in [0.5, 0.6) is 0 Å². The van der Waals surface area contributed by atoms with Gasteiger partial charge in [-0.1, -0.05) is 0 Å². The molecule has 0 heterocycles. The Bertz CT molecular complexity index is 532. The van der Waals surface area contributed by atoms with Crippen molar-refractivity contribution in [3.63, 3.8) is 0 Å². The summed E-state index contributed by atoms with van der Waals surface area (Å²) in [7, 11) is 0. The van der Waals surface area contributed by atoms with Crippen LogP contribution >= 0.6 is 0 Å². The average molecular weight is 434 g/mol. The Morgan fingerprint density at radius 3 is 1.75 bits per heavy atom. The number of carbonyl (C=O) groups excluding carboxylic acids is 1. The van der Waals surface area contributed by atoms with Gasteiger partial charge in [0.1, 0.15) is 0 Å². The Morgan fingerprint density at radius 1 is 0.917 bits per heavy atom. The van der Waals surface area contributed by atoms with Gasteiger partial charge in [0.05, 0.1) is 0 Å². The molecule has 0 aromatic heterocycles. The first-order chi connectivity index (χ1) is 11.6. The molecule has 0 spiro atoms. The first-order valence-electron chi connectivity index (χ1n) is 9.50. The van der Waals surface area contributed by atoms with Gasteiger partial charge < -0.3 is 0 Å². The quantitative estimate of drug-likeness (QED) is 0.382. The molecular formula is C21H33NOSn. The molecule has 0 aliphatic rings. The molecule has 1 amide bonds. The van der Waals surface area contributed by atoms with E-state index >= 15 is 0 Å². The number of rotatable bonds is 10. The van der Waals surface area contributed by atoms with E-state index in [0.29, 0.717) is 5.56 Å². The van der Waals surface area contributed by atoms with Gasteiger partial charge in [-0.25, -0.2) is 0 Å². The van der Waals surface area contributed by atoms with Crippen molar-refractivity contribution < 1.29 is 4.79 Å². The first kappa shape index (κ1) is 21.1. The normalized spacial score (nSPS) is 11.0. The zero-order valence-electron chi connectivity index (χ0n) is 15.7. The second-order valence-corrected chi connectivity index (χ2v) is 19.1. The summed E-state index contributed by atoms with van der Waals surface area (Å²) in [5.41, 5.74) is 6.88. The van der Waals surface area contributed by atoms with E-state index in [2.05, 4.69) is 30.6 Å². The van der Waals surface area contributed by atoms with Crippen LogP contribution in [0.4, 0.5) is 0 Å². The zero-order valence-corrected chi connectivity index (χ0v) is 18.5. The van der Waals surface area contributed by atoms with Crippen molar-refractivity contribution in [2.45, 2.75) is 72.6 Å². The fourth-order valence-corrected chi connectivity index (χ4v) is 16.2. The van der Waals surface area contributed by atoms with Crippen LogP contribution in [0.3, 0.4) is 0 Å². The molecule has 24 heavy (non-hydrogen) atoms. The number of amides is 1. The third kappa shape index (κ3) is 7.30. The topological polar surface area (TPSA) is 43.1 Å². The van der Waals surface area contributed by atoms with E-state index in [1.165, 1.54) is 51.8 Å². The van der Waals surface area contributed by atoms with Crippen LogP contribution in [-0.4, -0.2) is 24.3 Å². The van der Waals surface area contributed by atoms with E-state index < -0.39 is 18.4 Å². The van der Waals surface area contributed by atoms with Gasteiger partial charge in [-0.15, -0.1) is 0 Å². The van der Waals surface area contributed by atoms with Crippen LogP contribution < -0.4 is 5.73 Å². The Balaban J connectivity index is 3.01. The van der Waals surface area contributed by atoms with Crippen LogP contribution in [0.1, 0.15) is 75.2 Å². The van der Waals surface area contributed by atoms with Gasteiger partial charge in [0.2, 0.25) is 0 Å². The van der Waals surface area contributed by atoms with E-state index in [4.69, 9.17) is 5.73 Å². The van der Waals surface area contributed by atoms with Crippen molar-refractivity contribution in [3.05, 3.63) is 35.4 Å². The van der Waals surface area contributed by atoms with Gasteiger partial charge >= 0.3 is 153 Å². The minimum absolute atomic E-state index is 0.378. The summed E-state index contributed by atoms with van der Waals surface area (Å²) in [4.78, 5) is 11.2. The van der Waals surface area contributed by atoms with E-state index in [1.54, 1.807) is 12.1 Å². The van der Waals surface area contributed by atoms with Gasteiger partial charge in [0.15, 0.2) is 0 Å². The van der Waals surface area contributed by atoms with Gasteiger partial charge in [0.25, 0.3) is 0 Å². The fourth-order valence-electron chi connectivity index (χ4n) is 3.03. The molecule has 0 aliphatic heterocycles. The molecule has 0 fully saturated rings. The maximum atomic E-state index is 11.2. The summed E-state index contributed by atoms with van der Waals surface area (Å²) in [6, 6.07) is 7.44. The van der Waals surface area contributed by atoms with E-state index in [0.717, 1.165) is 5.56 Å². The number of hydrogen-bond donors (Lipinski definition) is 1.